The third-order valence-electron chi connectivity index (χ3n) is 5.40. The van der Waals surface area contributed by atoms with Crippen molar-refractivity contribution in [2.45, 2.75) is 38.5 Å². The van der Waals surface area contributed by atoms with E-state index in [0.29, 0.717) is 5.41 Å². The van der Waals surface area contributed by atoms with E-state index in [9.17, 15) is 0 Å². The first kappa shape index (κ1) is 17.3. The van der Waals surface area contributed by atoms with Gasteiger partial charge in [0.1, 0.15) is 0 Å². The van der Waals surface area contributed by atoms with Gasteiger partial charge < -0.3 is 15.0 Å². The number of rotatable bonds is 6. The van der Waals surface area contributed by atoms with E-state index in [0.717, 1.165) is 38.8 Å². The molecule has 0 radical (unpaired) electrons. The summed E-state index contributed by atoms with van der Waals surface area (Å²) in [7, 11) is 1.90. The Balaban J connectivity index is 1.32. The minimum atomic E-state index is 0.396. The molecule has 2 aliphatic heterocycles. The van der Waals surface area contributed by atoms with Crippen molar-refractivity contribution >= 4 is 5.96 Å². The lowest BCUT2D eigenvalue weighted by molar-refractivity contribution is 0.156. The molecular weight excluding hydrogens is 298 g/mol. The normalized spacial score (nSPS) is 24.0. The maximum atomic E-state index is 5.62. The van der Waals surface area contributed by atoms with Crippen LogP contribution in [0.25, 0.3) is 0 Å². The third kappa shape index (κ3) is 4.50. The van der Waals surface area contributed by atoms with Crippen molar-refractivity contribution in [1.82, 2.24) is 10.2 Å². The SMILES string of the molecule is CN=C(NCCCCCc1ccccc1)N1CCC2(CCOC2)C1. The molecule has 1 aromatic rings. The number of hydrogen-bond acceptors (Lipinski definition) is 2. The maximum Gasteiger partial charge on any atom is 0.193 e. The molecule has 2 heterocycles. The van der Waals surface area contributed by atoms with Gasteiger partial charge in [-0.25, -0.2) is 0 Å². The van der Waals surface area contributed by atoms with Crippen LogP contribution in [-0.4, -0.2) is 50.8 Å². The highest BCUT2D eigenvalue weighted by Gasteiger charge is 2.42. The Hall–Kier alpha value is -1.55. The molecule has 1 unspecified atom stereocenters. The van der Waals surface area contributed by atoms with Crippen LogP contribution < -0.4 is 5.32 Å². The number of aliphatic imine (C=N–C) groups is 1. The highest BCUT2D eigenvalue weighted by atomic mass is 16.5. The van der Waals surface area contributed by atoms with Gasteiger partial charge in [-0.15, -0.1) is 0 Å². The highest BCUT2D eigenvalue weighted by Crippen LogP contribution is 2.38. The molecule has 2 saturated heterocycles. The lowest BCUT2D eigenvalue weighted by atomic mass is 9.87. The summed E-state index contributed by atoms with van der Waals surface area (Å²) in [5.41, 5.74) is 1.84. The molecule has 4 heteroatoms. The average Bonchev–Trinajstić information content (AvgIpc) is 3.25. The van der Waals surface area contributed by atoms with E-state index in [4.69, 9.17) is 4.74 Å². The molecule has 1 spiro atoms. The fourth-order valence-electron chi connectivity index (χ4n) is 3.90. The summed E-state index contributed by atoms with van der Waals surface area (Å²) >= 11 is 0. The van der Waals surface area contributed by atoms with Gasteiger partial charge in [0, 0.05) is 38.7 Å². The molecule has 132 valence electrons. The first-order chi connectivity index (χ1) is 11.8. The van der Waals surface area contributed by atoms with Crippen molar-refractivity contribution in [2.75, 3.05) is 39.9 Å². The topological polar surface area (TPSA) is 36.9 Å². The molecule has 1 N–H and O–H groups in total. The first-order valence-corrected chi connectivity index (χ1v) is 9.39. The standard InChI is InChI=1S/C20H31N3O/c1-21-19(23-14-11-20(16-23)12-15-24-17-20)22-13-7-3-6-10-18-8-4-2-5-9-18/h2,4-5,8-9H,3,6-7,10-17H2,1H3,(H,21,22). The third-order valence-corrected chi connectivity index (χ3v) is 5.40. The van der Waals surface area contributed by atoms with Crippen molar-refractivity contribution < 1.29 is 4.74 Å². The fraction of sp³-hybridized carbons (Fsp3) is 0.650. The number of likely N-dealkylation sites (tertiary alicyclic amines) is 1. The number of unbranched alkanes of at least 4 members (excludes halogenated alkanes) is 2. The van der Waals surface area contributed by atoms with E-state index >= 15 is 0 Å². The van der Waals surface area contributed by atoms with E-state index in [1.165, 1.54) is 44.1 Å². The van der Waals surface area contributed by atoms with Gasteiger partial charge in [-0.3, -0.25) is 4.99 Å². The van der Waals surface area contributed by atoms with Crippen LogP contribution in [-0.2, 0) is 11.2 Å². The van der Waals surface area contributed by atoms with Crippen molar-refractivity contribution in [3.63, 3.8) is 0 Å². The minimum absolute atomic E-state index is 0.396. The zero-order valence-electron chi connectivity index (χ0n) is 15.0. The van der Waals surface area contributed by atoms with Gasteiger partial charge in [-0.1, -0.05) is 36.8 Å². The van der Waals surface area contributed by atoms with Crippen LogP contribution in [0, 0.1) is 5.41 Å². The van der Waals surface area contributed by atoms with Gasteiger partial charge >= 0.3 is 0 Å². The molecule has 2 fully saturated rings. The molecule has 4 nitrogen and oxygen atoms in total. The molecule has 3 rings (SSSR count). The van der Waals surface area contributed by atoms with Crippen molar-refractivity contribution in [2.24, 2.45) is 10.4 Å². The monoisotopic (exact) mass is 329 g/mol. The molecule has 1 aromatic carbocycles. The number of benzene rings is 1. The Morgan fingerprint density at radius 2 is 2.08 bits per heavy atom. The van der Waals surface area contributed by atoms with E-state index < -0.39 is 0 Å². The fourth-order valence-corrected chi connectivity index (χ4v) is 3.90. The molecule has 24 heavy (non-hydrogen) atoms. The van der Waals surface area contributed by atoms with Crippen LogP contribution in [0.4, 0.5) is 0 Å². The second-order valence-corrected chi connectivity index (χ2v) is 7.24. The largest absolute Gasteiger partial charge is 0.381 e. The van der Waals surface area contributed by atoms with Crippen LogP contribution in [0.3, 0.4) is 0 Å². The van der Waals surface area contributed by atoms with Gasteiger partial charge in [0.05, 0.1) is 6.61 Å². The van der Waals surface area contributed by atoms with Crippen LogP contribution in [0.15, 0.2) is 35.3 Å². The second kappa shape index (κ2) is 8.52. The zero-order valence-corrected chi connectivity index (χ0v) is 15.0. The number of nitrogens with one attached hydrogen (secondary N) is 1. The predicted octanol–water partition coefficient (Wildman–Crippen LogP) is 3.09. The summed E-state index contributed by atoms with van der Waals surface area (Å²) in [4.78, 5) is 6.90. The Morgan fingerprint density at radius 1 is 1.21 bits per heavy atom. The summed E-state index contributed by atoms with van der Waals surface area (Å²) in [6.07, 6.45) is 7.36. The van der Waals surface area contributed by atoms with Gasteiger partial charge in [-0.05, 0) is 37.7 Å². The summed E-state index contributed by atoms with van der Waals surface area (Å²) in [6.45, 7) is 5.08. The molecule has 0 aliphatic carbocycles. The van der Waals surface area contributed by atoms with Crippen LogP contribution in [0.1, 0.15) is 37.7 Å². The summed E-state index contributed by atoms with van der Waals surface area (Å²) in [6, 6.07) is 10.8. The van der Waals surface area contributed by atoms with Gasteiger partial charge in [0.2, 0.25) is 0 Å². The molecule has 2 aliphatic rings. The quantitative estimate of drug-likeness (QED) is 0.495. The lowest BCUT2D eigenvalue weighted by Gasteiger charge is -2.24. The smallest absolute Gasteiger partial charge is 0.193 e. The minimum Gasteiger partial charge on any atom is -0.381 e. The van der Waals surface area contributed by atoms with E-state index in [1.54, 1.807) is 0 Å². The first-order valence-electron chi connectivity index (χ1n) is 9.39. The molecule has 0 saturated carbocycles. The molecule has 0 amide bonds. The number of nitrogens with zero attached hydrogens (tertiary/aromatic N) is 2. The zero-order chi connectivity index (χ0) is 16.7. The van der Waals surface area contributed by atoms with Gasteiger partial charge in [0.15, 0.2) is 5.96 Å². The van der Waals surface area contributed by atoms with Crippen LogP contribution in [0.5, 0.6) is 0 Å². The highest BCUT2D eigenvalue weighted by molar-refractivity contribution is 5.80. The summed E-state index contributed by atoms with van der Waals surface area (Å²) in [5.74, 6) is 1.07. The van der Waals surface area contributed by atoms with E-state index in [2.05, 4.69) is 45.5 Å². The van der Waals surface area contributed by atoms with Crippen LogP contribution >= 0.6 is 0 Å². The van der Waals surface area contributed by atoms with E-state index in [1.807, 2.05) is 7.05 Å². The Labute approximate surface area is 146 Å². The molecular formula is C20H31N3O. The lowest BCUT2D eigenvalue weighted by Crippen LogP contribution is -2.41. The average molecular weight is 329 g/mol. The number of guanidine groups is 1. The Bertz CT molecular complexity index is 523. The van der Waals surface area contributed by atoms with Crippen molar-refractivity contribution in [1.29, 1.82) is 0 Å². The summed E-state index contributed by atoms with van der Waals surface area (Å²) in [5, 5.41) is 3.55. The van der Waals surface area contributed by atoms with Gasteiger partial charge in [-0.2, -0.15) is 0 Å². The van der Waals surface area contributed by atoms with Crippen LogP contribution in [0.2, 0.25) is 0 Å². The molecule has 0 bridgehead atoms. The summed E-state index contributed by atoms with van der Waals surface area (Å²) < 4.78 is 5.62. The van der Waals surface area contributed by atoms with Gasteiger partial charge in [0.25, 0.3) is 0 Å². The second-order valence-electron chi connectivity index (χ2n) is 7.24. The number of ether oxygens (including phenoxy) is 1. The van der Waals surface area contributed by atoms with E-state index in [-0.39, 0.29) is 0 Å². The Morgan fingerprint density at radius 3 is 2.83 bits per heavy atom. The molecule has 1 atom stereocenters. The van der Waals surface area contributed by atoms with Crippen molar-refractivity contribution in [3.05, 3.63) is 35.9 Å². The Kier molecular flexibility index (Phi) is 6.13. The molecule has 0 aromatic heterocycles. The predicted molar refractivity (Wildman–Crippen MR) is 99.4 cm³/mol. The maximum absolute atomic E-state index is 5.62. The number of aryl methyl sites for hydroxylation is 1. The van der Waals surface area contributed by atoms with Crippen molar-refractivity contribution in [3.8, 4) is 0 Å². The number of hydrogen-bond donors (Lipinski definition) is 1.